The molecule has 2 aromatic rings. The third-order valence-electron chi connectivity index (χ3n) is 4.55. The zero-order chi connectivity index (χ0) is 23.5. The van der Waals surface area contributed by atoms with E-state index in [1.807, 2.05) is 0 Å². The van der Waals surface area contributed by atoms with Crippen molar-refractivity contribution in [2.24, 2.45) is 0 Å². The van der Waals surface area contributed by atoms with E-state index in [9.17, 15) is 28.1 Å². The summed E-state index contributed by atoms with van der Waals surface area (Å²) in [4.78, 5) is 25.2. The predicted molar refractivity (Wildman–Crippen MR) is 116 cm³/mol. The maximum atomic E-state index is 13.2. The van der Waals surface area contributed by atoms with E-state index < -0.39 is 33.4 Å². The minimum Gasteiger partial charge on any atom is -0.378 e. The number of nitro groups is 1. The van der Waals surface area contributed by atoms with Crippen LogP contribution in [0.3, 0.4) is 0 Å². The Balaban J connectivity index is 1.77. The lowest BCUT2D eigenvalue weighted by molar-refractivity contribution is -0.384. The molecule has 0 atom stereocenters. The van der Waals surface area contributed by atoms with Crippen molar-refractivity contribution in [2.45, 2.75) is 6.18 Å². The van der Waals surface area contributed by atoms with Crippen molar-refractivity contribution in [1.29, 1.82) is 0 Å². The SMILES string of the molecule is O=C(NC(=S)Nc1ccc(Cl)cc1C(F)(F)F)c1ccc(N2CCOCC2)c([N+](=O)[O-])c1. The van der Waals surface area contributed by atoms with Gasteiger partial charge in [-0.3, -0.25) is 20.2 Å². The molecular formula is C19H16ClF3N4O4S. The van der Waals surface area contributed by atoms with Gasteiger partial charge in [0.15, 0.2) is 5.11 Å². The number of thiocarbonyl (C=S) groups is 1. The number of amides is 1. The number of hydrogen-bond donors (Lipinski definition) is 2. The van der Waals surface area contributed by atoms with Gasteiger partial charge in [0.05, 0.1) is 29.4 Å². The molecule has 1 fully saturated rings. The van der Waals surface area contributed by atoms with E-state index in [0.29, 0.717) is 32.0 Å². The summed E-state index contributed by atoms with van der Waals surface area (Å²) in [6, 6.07) is 6.94. The number of ether oxygens (including phenoxy) is 1. The van der Waals surface area contributed by atoms with Crippen LogP contribution < -0.4 is 15.5 Å². The number of nitrogens with zero attached hydrogens (tertiary/aromatic N) is 2. The molecule has 0 unspecified atom stereocenters. The predicted octanol–water partition coefficient (Wildman–Crippen LogP) is 4.23. The standard InChI is InChI=1S/C19H16ClF3N4O4S/c20-12-2-3-14(13(10-12)19(21,22)23)24-18(32)25-17(28)11-1-4-15(16(9-11)27(29)30)26-5-7-31-8-6-26/h1-4,9-10H,5-8H2,(H2,24,25,28,32). The highest BCUT2D eigenvalue weighted by molar-refractivity contribution is 7.80. The van der Waals surface area contributed by atoms with Crippen LogP contribution in [0.2, 0.25) is 5.02 Å². The first-order chi connectivity index (χ1) is 15.1. The molecule has 0 radical (unpaired) electrons. The minimum atomic E-state index is -4.71. The second kappa shape index (κ2) is 9.67. The lowest BCUT2D eigenvalue weighted by Gasteiger charge is -2.28. The monoisotopic (exact) mass is 488 g/mol. The van der Waals surface area contributed by atoms with E-state index in [1.54, 1.807) is 4.90 Å². The molecule has 0 bridgehead atoms. The van der Waals surface area contributed by atoms with E-state index in [2.05, 4.69) is 10.6 Å². The Morgan fingerprint density at radius 2 is 1.88 bits per heavy atom. The van der Waals surface area contributed by atoms with Crippen LogP contribution in [0.15, 0.2) is 36.4 Å². The zero-order valence-corrected chi connectivity index (χ0v) is 17.8. The van der Waals surface area contributed by atoms with Crippen molar-refractivity contribution in [3.05, 3.63) is 62.7 Å². The smallest absolute Gasteiger partial charge is 0.378 e. The number of alkyl halides is 3. The first-order valence-electron chi connectivity index (χ1n) is 9.16. The lowest BCUT2D eigenvalue weighted by Crippen LogP contribution is -2.37. The van der Waals surface area contributed by atoms with Gasteiger partial charge in [-0.25, -0.2) is 0 Å². The Labute approximate surface area is 190 Å². The molecule has 13 heteroatoms. The number of nitro benzene ring substituents is 1. The third-order valence-corrected chi connectivity index (χ3v) is 4.99. The van der Waals surface area contributed by atoms with Crippen LogP contribution in [-0.4, -0.2) is 42.2 Å². The average Bonchev–Trinajstić information content (AvgIpc) is 2.74. The van der Waals surface area contributed by atoms with Gasteiger partial charge in [0.2, 0.25) is 0 Å². The van der Waals surface area contributed by atoms with E-state index in [4.69, 9.17) is 28.6 Å². The van der Waals surface area contributed by atoms with E-state index >= 15 is 0 Å². The summed E-state index contributed by atoms with van der Waals surface area (Å²) in [5, 5.41) is 15.5. The summed E-state index contributed by atoms with van der Waals surface area (Å²) in [6.07, 6.45) is -4.71. The molecule has 1 aliphatic rings. The highest BCUT2D eigenvalue weighted by Crippen LogP contribution is 2.36. The Morgan fingerprint density at radius 1 is 1.19 bits per heavy atom. The fraction of sp³-hybridized carbons (Fsp3) is 0.263. The quantitative estimate of drug-likeness (QED) is 0.377. The number of halogens is 4. The summed E-state index contributed by atoms with van der Waals surface area (Å²) in [5.74, 6) is -0.818. The maximum Gasteiger partial charge on any atom is 0.418 e. The first kappa shape index (κ1) is 23.7. The third kappa shape index (κ3) is 5.64. The van der Waals surface area contributed by atoms with Gasteiger partial charge in [0.25, 0.3) is 11.6 Å². The summed E-state index contributed by atoms with van der Waals surface area (Å²) in [6.45, 7) is 1.76. The van der Waals surface area contributed by atoms with Gasteiger partial charge < -0.3 is 15.0 Å². The summed E-state index contributed by atoms with van der Waals surface area (Å²) in [5.41, 5.74) is -1.49. The highest BCUT2D eigenvalue weighted by atomic mass is 35.5. The molecule has 3 rings (SSSR count). The van der Waals surface area contributed by atoms with Crippen molar-refractivity contribution < 1.29 is 27.6 Å². The molecule has 170 valence electrons. The van der Waals surface area contributed by atoms with Crippen LogP contribution in [0.4, 0.5) is 30.2 Å². The number of morpholine rings is 1. The Bertz CT molecular complexity index is 1060. The normalized spacial score (nSPS) is 14.1. The summed E-state index contributed by atoms with van der Waals surface area (Å²) in [7, 11) is 0. The lowest BCUT2D eigenvalue weighted by atomic mass is 10.1. The topological polar surface area (TPSA) is 96.7 Å². The maximum absolute atomic E-state index is 13.2. The van der Waals surface area contributed by atoms with Gasteiger partial charge in [-0.15, -0.1) is 0 Å². The molecule has 1 saturated heterocycles. The average molecular weight is 489 g/mol. The van der Waals surface area contributed by atoms with Gasteiger partial charge in [-0.05, 0) is 42.5 Å². The molecule has 2 N–H and O–H groups in total. The molecule has 1 aliphatic heterocycles. The first-order valence-corrected chi connectivity index (χ1v) is 9.95. The van der Waals surface area contributed by atoms with Gasteiger partial charge >= 0.3 is 6.18 Å². The highest BCUT2D eigenvalue weighted by Gasteiger charge is 2.34. The number of rotatable bonds is 4. The number of hydrogen-bond acceptors (Lipinski definition) is 6. The second-order valence-corrected chi connectivity index (χ2v) is 7.50. The van der Waals surface area contributed by atoms with Crippen LogP contribution in [-0.2, 0) is 10.9 Å². The Hall–Kier alpha value is -2.96. The van der Waals surface area contributed by atoms with Crippen LogP contribution in [0.5, 0.6) is 0 Å². The van der Waals surface area contributed by atoms with Crippen molar-refractivity contribution in [3.8, 4) is 0 Å². The van der Waals surface area contributed by atoms with Gasteiger partial charge in [0, 0.05) is 29.7 Å². The summed E-state index contributed by atoms with van der Waals surface area (Å²) >= 11 is 10.6. The molecule has 0 spiro atoms. The van der Waals surface area contributed by atoms with Crippen LogP contribution >= 0.6 is 23.8 Å². The zero-order valence-electron chi connectivity index (χ0n) is 16.2. The number of benzene rings is 2. The van der Waals surface area contributed by atoms with Crippen molar-refractivity contribution in [3.63, 3.8) is 0 Å². The van der Waals surface area contributed by atoms with E-state index in [-0.39, 0.29) is 16.3 Å². The van der Waals surface area contributed by atoms with E-state index in [1.165, 1.54) is 18.2 Å². The number of anilines is 2. The molecule has 2 aromatic carbocycles. The van der Waals surface area contributed by atoms with Gasteiger partial charge in [-0.2, -0.15) is 13.2 Å². The minimum absolute atomic E-state index is 0.0787. The molecule has 0 aliphatic carbocycles. The Morgan fingerprint density at radius 3 is 2.50 bits per heavy atom. The molecule has 0 saturated carbocycles. The van der Waals surface area contributed by atoms with Crippen LogP contribution in [0.1, 0.15) is 15.9 Å². The van der Waals surface area contributed by atoms with Crippen LogP contribution in [0, 0.1) is 10.1 Å². The molecular weight excluding hydrogens is 473 g/mol. The summed E-state index contributed by atoms with van der Waals surface area (Å²) < 4.78 is 44.9. The largest absolute Gasteiger partial charge is 0.418 e. The van der Waals surface area contributed by atoms with Crippen molar-refractivity contribution in [1.82, 2.24) is 5.32 Å². The number of nitrogens with one attached hydrogen (secondary N) is 2. The number of carbonyl (C=O) groups is 1. The molecule has 8 nitrogen and oxygen atoms in total. The van der Waals surface area contributed by atoms with Crippen molar-refractivity contribution >= 4 is 51.9 Å². The molecule has 1 amide bonds. The molecule has 0 aromatic heterocycles. The van der Waals surface area contributed by atoms with Gasteiger partial charge in [0.1, 0.15) is 5.69 Å². The fourth-order valence-electron chi connectivity index (χ4n) is 3.07. The van der Waals surface area contributed by atoms with Gasteiger partial charge in [-0.1, -0.05) is 11.6 Å². The number of carbonyl (C=O) groups excluding carboxylic acids is 1. The van der Waals surface area contributed by atoms with Crippen LogP contribution in [0.25, 0.3) is 0 Å². The van der Waals surface area contributed by atoms with Crippen molar-refractivity contribution in [2.75, 3.05) is 36.5 Å². The fourth-order valence-corrected chi connectivity index (χ4v) is 3.45. The van der Waals surface area contributed by atoms with E-state index in [0.717, 1.165) is 18.2 Å². The molecule has 1 heterocycles. The molecule has 32 heavy (non-hydrogen) atoms. The Kier molecular flexibility index (Phi) is 7.16. The second-order valence-electron chi connectivity index (χ2n) is 6.66.